The number of carbonyl (C=O) groups is 1. The molecule has 2 aromatic rings. The van der Waals surface area contributed by atoms with E-state index in [2.05, 4.69) is 0 Å². The van der Waals surface area contributed by atoms with Crippen molar-refractivity contribution in [2.75, 3.05) is 20.2 Å². The Morgan fingerprint density at radius 2 is 1.48 bits per heavy atom. The molecule has 0 aliphatic carbocycles. The zero-order chi connectivity index (χ0) is 20.7. The molecule has 1 heterocycles. The normalized spacial score (nSPS) is 15.5. The van der Waals surface area contributed by atoms with Gasteiger partial charge in [-0.05, 0) is 61.2 Å². The maximum Gasteiger partial charge on any atom is 0.311 e. The van der Waals surface area contributed by atoms with Gasteiger partial charge in [-0.3, -0.25) is 4.79 Å². The van der Waals surface area contributed by atoms with Gasteiger partial charge < -0.3 is 9.47 Å². The molecule has 2 aromatic carbocycles. The summed E-state index contributed by atoms with van der Waals surface area (Å²) < 4.78 is 37.6. The molecule has 156 valence electrons. The van der Waals surface area contributed by atoms with Crippen molar-refractivity contribution in [2.45, 2.75) is 43.4 Å². The first-order valence-electron chi connectivity index (χ1n) is 9.93. The van der Waals surface area contributed by atoms with E-state index < -0.39 is 10.0 Å². The van der Waals surface area contributed by atoms with Crippen LogP contribution in [0.3, 0.4) is 0 Å². The van der Waals surface area contributed by atoms with Crippen LogP contribution in [0.2, 0.25) is 0 Å². The van der Waals surface area contributed by atoms with Gasteiger partial charge in [-0.25, -0.2) is 8.42 Å². The van der Waals surface area contributed by atoms with Crippen molar-refractivity contribution in [1.82, 2.24) is 4.31 Å². The highest BCUT2D eigenvalue weighted by atomic mass is 32.2. The standard InChI is InChI=1S/C22H27NO5S/c1-27-19-9-11-20(12-10-19)28-22(24)15-8-18-6-13-21(14-7-18)29(25,26)23-16-4-2-3-5-17-23/h6-7,9-14H,2-5,8,15-17H2,1H3. The van der Waals surface area contributed by atoms with Crippen molar-refractivity contribution in [3.63, 3.8) is 0 Å². The third-order valence-electron chi connectivity index (χ3n) is 5.04. The van der Waals surface area contributed by atoms with E-state index in [4.69, 9.17) is 9.47 Å². The third-order valence-corrected chi connectivity index (χ3v) is 6.95. The Bertz CT molecular complexity index is 899. The van der Waals surface area contributed by atoms with Crippen molar-refractivity contribution in [3.05, 3.63) is 54.1 Å². The van der Waals surface area contributed by atoms with Crippen molar-refractivity contribution >= 4 is 16.0 Å². The molecule has 0 saturated carbocycles. The van der Waals surface area contributed by atoms with E-state index in [0.29, 0.717) is 35.9 Å². The van der Waals surface area contributed by atoms with Crippen LogP contribution in [0.5, 0.6) is 11.5 Å². The minimum absolute atomic E-state index is 0.213. The fourth-order valence-corrected chi connectivity index (χ4v) is 4.85. The molecule has 0 atom stereocenters. The summed E-state index contributed by atoms with van der Waals surface area (Å²) in [6, 6.07) is 13.6. The number of aryl methyl sites for hydroxylation is 1. The number of carbonyl (C=O) groups excluding carboxylic acids is 1. The first-order chi connectivity index (χ1) is 14.0. The van der Waals surface area contributed by atoms with Gasteiger partial charge in [0.05, 0.1) is 12.0 Å². The van der Waals surface area contributed by atoms with Crippen LogP contribution >= 0.6 is 0 Å². The summed E-state index contributed by atoms with van der Waals surface area (Å²) in [6.07, 6.45) is 4.68. The quantitative estimate of drug-likeness (QED) is 0.506. The Morgan fingerprint density at radius 1 is 0.897 bits per heavy atom. The molecule has 1 fully saturated rings. The second-order valence-corrected chi connectivity index (χ2v) is 9.05. The minimum Gasteiger partial charge on any atom is -0.497 e. The van der Waals surface area contributed by atoms with Crippen LogP contribution in [0.4, 0.5) is 0 Å². The first kappa shape index (κ1) is 21.3. The van der Waals surface area contributed by atoms with Crippen LogP contribution in [0.1, 0.15) is 37.7 Å². The lowest BCUT2D eigenvalue weighted by molar-refractivity contribution is -0.134. The Hall–Kier alpha value is -2.38. The Kier molecular flexibility index (Phi) is 7.28. The summed E-state index contributed by atoms with van der Waals surface area (Å²) in [5.41, 5.74) is 0.895. The van der Waals surface area contributed by atoms with Crippen LogP contribution in [0, 0.1) is 0 Å². The predicted molar refractivity (Wildman–Crippen MR) is 111 cm³/mol. The molecule has 1 aliphatic rings. The summed E-state index contributed by atoms with van der Waals surface area (Å²) in [5, 5.41) is 0. The summed E-state index contributed by atoms with van der Waals surface area (Å²) in [5.74, 6) is 0.825. The number of sulfonamides is 1. The fraction of sp³-hybridized carbons (Fsp3) is 0.409. The number of methoxy groups -OCH3 is 1. The molecule has 0 amide bonds. The van der Waals surface area contributed by atoms with Crippen molar-refractivity contribution < 1.29 is 22.7 Å². The van der Waals surface area contributed by atoms with E-state index >= 15 is 0 Å². The molecule has 3 rings (SSSR count). The van der Waals surface area contributed by atoms with Gasteiger partial charge in [0.2, 0.25) is 10.0 Å². The maximum absolute atomic E-state index is 12.8. The molecule has 0 bridgehead atoms. The maximum atomic E-state index is 12.8. The second kappa shape index (κ2) is 9.89. The summed E-state index contributed by atoms with van der Waals surface area (Å²) in [7, 11) is -1.87. The van der Waals surface area contributed by atoms with E-state index in [1.165, 1.54) is 0 Å². The SMILES string of the molecule is COc1ccc(OC(=O)CCc2ccc(S(=O)(=O)N3CCCCCC3)cc2)cc1. The highest BCUT2D eigenvalue weighted by Crippen LogP contribution is 2.21. The molecule has 6 nitrogen and oxygen atoms in total. The third kappa shape index (κ3) is 5.81. The number of ether oxygens (including phenoxy) is 2. The van der Waals surface area contributed by atoms with Gasteiger partial charge in [-0.15, -0.1) is 0 Å². The zero-order valence-electron chi connectivity index (χ0n) is 16.7. The van der Waals surface area contributed by atoms with Gasteiger partial charge in [0.15, 0.2) is 0 Å². The largest absolute Gasteiger partial charge is 0.497 e. The molecular weight excluding hydrogens is 390 g/mol. The van der Waals surface area contributed by atoms with Gasteiger partial charge in [-0.2, -0.15) is 4.31 Å². The van der Waals surface area contributed by atoms with Gasteiger partial charge in [0.25, 0.3) is 0 Å². The smallest absolute Gasteiger partial charge is 0.311 e. The molecule has 0 aromatic heterocycles. The van der Waals surface area contributed by atoms with Gasteiger partial charge in [0.1, 0.15) is 11.5 Å². The van der Waals surface area contributed by atoms with E-state index in [-0.39, 0.29) is 12.4 Å². The van der Waals surface area contributed by atoms with Crippen LogP contribution < -0.4 is 9.47 Å². The fourth-order valence-electron chi connectivity index (χ4n) is 3.33. The first-order valence-corrected chi connectivity index (χ1v) is 11.4. The summed E-state index contributed by atoms with van der Waals surface area (Å²) in [4.78, 5) is 12.4. The number of hydrogen-bond donors (Lipinski definition) is 0. The van der Waals surface area contributed by atoms with E-state index in [1.807, 2.05) is 0 Å². The predicted octanol–water partition coefficient (Wildman–Crippen LogP) is 3.80. The Labute approximate surface area is 172 Å². The summed E-state index contributed by atoms with van der Waals surface area (Å²) in [6.45, 7) is 1.17. The van der Waals surface area contributed by atoms with Gasteiger partial charge in [0, 0.05) is 19.5 Å². The highest BCUT2D eigenvalue weighted by Gasteiger charge is 2.24. The average Bonchev–Trinajstić information content (AvgIpc) is 3.03. The molecule has 0 spiro atoms. The van der Waals surface area contributed by atoms with Crippen LogP contribution in [-0.4, -0.2) is 38.9 Å². The van der Waals surface area contributed by atoms with Crippen LogP contribution in [0.15, 0.2) is 53.4 Å². The number of hydrogen-bond acceptors (Lipinski definition) is 5. The monoisotopic (exact) mass is 417 g/mol. The van der Waals surface area contributed by atoms with E-state index in [0.717, 1.165) is 31.2 Å². The topological polar surface area (TPSA) is 72.9 Å². The Balaban J connectivity index is 1.55. The Morgan fingerprint density at radius 3 is 2.07 bits per heavy atom. The van der Waals surface area contributed by atoms with Crippen molar-refractivity contribution in [3.8, 4) is 11.5 Å². The number of esters is 1. The molecule has 1 aliphatic heterocycles. The molecule has 0 radical (unpaired) electrons. The minimum atomic E-state index is -3.45. The second-order valence-electron chi connectivity index (χ2n) is 7.11. The van der Waals surface area contributed by atoms with Crippen LogP contribution in [0.25, 0.3) is 0 Å². The molecule has 1 saturated heterocycles. The molecular formula is C22H27NO5S. The molecule has 7 heteroatoms. The highest BCUT2D eigenvalue weighted by molar-refractivity contribution is 7.89. The summed E-state index contributed by atoms with van der Waals surface area (Å²) >= 11 is 0. The molecule has 29 heavy (non-hydrogen) atoms. The molecule has 0 unspecified atom stereocenters. The zero-order valence-corrected chi connectivity index (χ0v) is 17.5. The number of rotatable bonds is 7. The molecule has 0 N–H and O–H groups in total. The number of benzene rings is 2. The average molecular weight is 418 g/mol. The lowest BCUT2D eigenvalue weighted by atomic mass is 10.1. The van der Waals surface area contributed by atoms with Gasteiger partial charge in [-0.1, -0.05) is 25.0 Å². The van der Waals surface area contributed by atoms with E-state index in [9.17, 15) is 13.2 Å². The van der Waals surface area contributed by atoms with E-state index in [1.54, 1.807) is 59.9 Å². The van der Waals surface area contributed by atoms with Crippen LogP contribution in [-0.2, 0) is 21.2 Å². The van der Waals surface area contributed by atoms with Gasteiger partial charge >= 0.3 is 5.97 Å². The lowest BCUT2D eigenvalue weighted by Crippen LogP contribution is -2.31. The van der Waals surface area contributed by atoms with Crippen molar-refractivity contribution in [1.29, 1.82) is 0 Å². The number of nitrogens with zero attached hydrogens (tertiary/aromatic N) is 1. The van der Waals surface area contributed by atoms with Crippen molar-refractivity contribution in [2.24, 2.45) is 0 Å². The lowest BCUT2D eigenvalue weighted by Gasteiger charge is -2.20.